The summed E-state index contributed by atoms with van der Waals surface area (Å²) >= 11 is 0. The molecule has 1 fully saturated rings. The molecule has 2 unspecified atom stereocenters. The van der Waals surface area contributed by atoms with Gasteiger partial charge in [0.15, 0.2) is 17.1 Å². The van der Waals surface area contributed by atoms with Crippen molar-refractivity contribution in [2.75, 3.05) is 20.6 Å². The van der Waals surface area contributed by atoms with Crippen LogP contribution in [0.2, 0.25) is 0 Å². The molecule has 0 bridgehead atoms. The molecule has 0 radical (unpaired) electrons. The Labute approximate surface area is 179 Å². The minimum atomic E-state index is -1.18. The number of hydrogen-bond acceptors (Lipinski definition) is 6. The fourth-order valence-corrected chi connectivity index (χ4v) is 3.00. The zero-order valence-electron chi connectivity index (χ0n) is 17.3. The Balaban J connectivity index is 2.30. The van der Waals surface area contributed by atoms with Crippen molar-refractivity contribution < 1.29 is 24.2 Å². The van der Waals surface area contributed by atoms with Crippen LogP contribution in [-0.4, -0.2) is 58.5 Å². The highest BCUT2D eigenvalue weighted by atomic mass is 19.1. The molecule has 0 saturated carbocycles. The topological polar surface area (TPSA) is 129 Å². The van der Waals surface area contributed by atoms with Crippen LogP contribution in [0.15, 0.2) is 17.7 Å². The second-order valence-electron chi connectivity index (χ2n) is 7.14. The van der Waals surface area contributed by atoms with Crippen LogP contribution < -0.4 is 0 Å². The normalized spacial score (nSPS) is 17.4. The van der Waals surface area contributed by atoms with Crippen molar-refractivity contribution in [1.82, 2.24) is 9.80 Å². The highest BCUT2D eigenvalue weighted by molar-refractivity contribution is 6.03. The number of aliphatic hydroxyl groups is 1. The van der Waals surface area contributed by atoms with Gasteiger partial charge in [-0.15, -0.1) is 0 Å². The maximum absolute atomic E-state index is 13.8. The van der Waals surface area contributed by atoms with E-state index in [2.05, 4.69) is 11.8 Å². The summed E-state index contributed by atoms with van der Waals surface area (Å²) in [5.74, 6) is 1.37. The van der Waals surface area contributed by atoms with Crippen LogP contribution in [0.5, 0.6) is 5.75 Å². The van der Waals surface area contributed by atoms with Gasteiger partial charge in [0, 0.05) is 26.2 Å². The van der Waals surface area contributed by atoms with E-state index in [9.17, 15) is 29.5 Å². The molecule has 1 heterocycles. The summed E-state index contributed by atoms with van der Waals surface area (Å²) in [5, 5.41) is 38.2. The highest BCUT2D eigenvalue weighted by Gasteiger charge is 2.26. The minimum absolute atomic E-state index is 0.0853. The number of rotatable bonds is 3. The molecule has 1 aliphatic heterocycles. The fourth-order valence-electron chi connectivity index (χ4n) is 3.00. The van der Waals surface area contributed by atoms with Gasteiger partial charge in [0.1, 0.15) is 17.9 Å². The molecule has 1 aromatic carbocycles. The van der Waals surface area contributed by atoms with E-state index in [1.54, 1.807) is 31.0 Å². The van der Waals surface area contributed by atoms with Crippen molar-refractivity contribution in [3.8, 4) is 29.7 Å². The van der Waals surface area contributed by atoms with Crippen LogP contribution in [0.3, 0.4) is 0 Å². The second-order valence-corrected chi connectivity index (χ2v) is 7.14. The van der Waals surface area contributed by atoms with Crippen LogP contribution in [0.25, 0.3) is 5.76 Å². The van der Waals surface area contributed by atoms with Gasteiger partial charge in [0.25, 0.3) is 5.91 Å². The van der Waals surface area contributed by atoms with E-state index in [1.165, 1.54) is 7.05 Å². The van der Waals surface area contributed by atoms with Crippen molar-refractivity contribution in [1.29, 1.82) is 10.5 Å². The largest absolute Gasteiger partial charge is 0.506 e. The molecule has 1 saturated heterocycles. The Bertz CT molecular complexity index is 1090. The lowest BCUT2D eigenvalue weighted by Crippen LogP contribution is -2.38. The van der Waals surface area contributed by atoms with Crippen molar-refractivity contribution in [2.45, 2.75) is 25.8 Å². The maximum atomic E-state index is 13.8. The van der Waals surface area contributed by atoms with Crippen molar-refractivity contribution >= 4 is 17.6 Å². The fraction of sp³-hybridized carbons (Fsp3) is 0.364. The number of carbonyl (C=O) groups excluding carboxylic acids is 2. The van der Waals surface area contributed by atoms with Gasteiger partial charge in [-0.1, -0.05) is 11.8 Å². The number of phenolic OH excluding ortho intramolecular Hbond substituents is 1. The average Bonchev–Trinajstić information content (AvgIpc) is 2.75. The number of nitrogens with zero attached hydrogens (tertiary/aromatic N) is 4. The molecule has 1 aliphatic rings. The molecular weight excluding hydrogens is 403 g/mol. The minimum Gasteiger partial charge on any atom is -0.506 e. The van der Waals surface area contributed by atoms with Gasteiger partial charge < -0.3 is 20.0 Å². The summed E-state index contributed by atoms with van der Waals surface area (Å²) in [6.45, 7) is 2.27. The first-order valence-corrected chi connectivity index (χ1v) is 9.41. The maximum Gasteiger partial charge on any atom is 0.269 e. The number of aliphatic hydroxyl groups excluding tert-OH is 1. The number of piperidine rings is 1. The molecule has 31 heavy (non-hydrogen) atoms. The van der Waals surface area contributed by atoms with Crippen LogP contribution in [0, 0.1) is 46.2 Å². The lowest BCUT2D eigenvalue weighted by atomic mass is 9.97. The summed E-state index contributed by atoms with van der Waals surface area (Å²) in [4.78, 5) is 27.6. The summed E-state index contributed by atoms with van der Waals surface area (Å²) in [5.41, 5.74) is -1.45. The first kappa shape index (κ1) is 23.3. The number of likely N-dealkylation sites (tertiary alicyclic amines) is 1. The summed E-state index contributed by atoms with van der Waals surface area (Å²) < 4.78 is 13.8. The Morgan fingerprint density at radius 3 is 2.68 bits per heavy atom. The molecule has 2 atom stereocenters. The van der Waals surface area contributed by atoms with E-state index in [0.29, 0.717) is 19.0 Å². The van der Waals surface area contributed by atoms with Gasteiger partial charge in [-0.05, 0) is 31.9 Å². The predicted octanol–water partition coefficient (Wildman–Crippen LogP) is 1.91. The number of amides is 2. The zero-order chi connectivity index (χ0) is 23.3. The molecule has 160 valence electrons. The Kier molecular flexibility index (Phi) is 7.24. The van der Waals surface area contributed by atoms with Gasteiger partial charge in [-0.25, -0.2) is 4.39 Å². The number of hydrogen-bond donors (Lipinski definition) is 2. The monoisotopic (exact) mass is 424 g/mol. The quantitative estimate of drug-likeness (QED) is 0.330. The van der Waals surface area contributed by atoms with Crippen LogP contribution in [0.4, 0.5) is 4.39 Å². The van der Waals surface area contributed by atoms with Crippen molar-refractivity contribution in [3.05, 3.63) is 34.6 Å². The number of nitriles is 2. The number of benzene rings is 1. The number of likely N-dealkylation sites (N-methyl/N-ethyl adjacent to an activating group) is 1. The number of carbonyl (C=O) groups is 2. The SMILES string of the molecule is CC(C#CC1CCCN(C)C1=O)N(C)C(=O)/C(C#N)=C(\O)c1cc(F)c(O)c(C#N)c1. The Morgan fingerprint density at radius 1 is 1.39 bits per heavy atom. The second kappa shape index (κ2) is 9.65. The molecular formula is C22H21FN4O4. The smallest absolute Gasteiger partial charge is 0.269 e. The molecule has 2 amide bonds. The third-order valence-electron chi connectivity index (χ3n) is 5.05. The van der Waals surface area contributed by atoms with E-state index >= 15 is 0 Å². The molecule has 2 rings (SSSR count). The van der Waals surface area contributed by atoms with E-state index in [4.69, 9.17) is 5.26 Å². The molecule has 8 nitrogen and oxygen atoms in total. The Morgan fingerprint density at radius 2 is 2.06 bits per heavy atom. The summed E-state index contributed by atoms with van der Waals surface area (Å²) in [6, 6.07) is 4.14. The lowest BCUT2D eigenvalue weighted by molar-refractivity contribution is -0.134. The van der Waals surface area contributed by atoms with Gasteiger partial charge in [-0.2, -0.15) is 10.5 Å². The van der Waals surface area contributed by atoms with E-state index in [1.807, 2.05) is 0 Å². The average molecular weight is 424 g/mol. The van der Waals surface area contributed by atoms with Crippen molar-refractivity contribution in [3.63, 3.8) is 0 Å². The van der Waals surface area contributed by atoms with Crippen molar-refractivity contribution in [2.24, 2.45) is 5.92 Å². The molecule has 1 aromatic rings. The van der Waals surface area contributed by atoms with Crippen LogP contribution >= 0.6 is 0 Å². The van der Waals surface area contributed by atoms with Crippen LogP contribution in [-0.2, 0) is 9.59 Å². The summed E-state index contributed by atoms with van der Waals surface area (Å²) in [7, 11) is 3.07. The molecule has 2 N–H and O–H groups in total. The first-order chi connectivity index (χ1) is 14.6. The van der Waals surface area contributed by atoms with E-state index < -0.39 is 46.3 Å². The van der Waals surface area contributed by atoms with Gasteiger partial charge in [0.2, 0.25) is 5.91 Å². The number of aromatic hydroxyl groups is 1. The zero-order valence-corrected chi connectivity index (χ0v) is 17.3. The van der Waals surface area contributed by atoms with Gasteiger partial charge in [-0.3, -0.25) is 9.59 Å². The van der Waals surface area contributed by atoms with Gasteiger partial charge in [0.05, 0.1) is 17.5 Å². The Hall–Kier alpha value is -4.03. The predicted molar refractivity (Wildman–Crippen MR) is 108 cm³/mol. The van der Waals surface area contributed by atoms with Crippen LogP contribution in [0.1, 0.15) is 30.9 Å². The number of halogens is 1. The third-order valence-corrected chi connectivity index (χ3v) is 5.05. The van der Waals surface area contributed by atoms with Gasteiger partial charge >= 0.3 is 0 Å². The first-order valence-electron chi connectivity index (χ1n) is 9.41. The standard InChI is InChI=1S/C22H21FN4O4/c1-13(6-7-14-5-4-8-26(2)21(14)30)27(3)22(31)17(12-25)19(28)15-9-16(11-24)20(29)18(23)10-15/h9-10,13-14,28-29H,4-5,8H2,1-3H3/b19-17-. The molecule has 0 spiro atoms. The number of phenols is 1. The van der Waals surface area contributed by atoms with E-state index in [-0.39, 0.29) is 11.5 Å². The summed E-state index contributed by atoms with van der Waals surface area (Å²) in [6.07, 6.45) is 1.45. The molecule has 9 heteroatoms. The highest BCUT2D eigenvalue weighted by Crippen LogP contribution is 2.27. The molecule has 0 aromatic heterocycles. The third kappa shape index (κ3) is 4.94. The lowest BCUT2D eigenvalue weighted by Gasteiger charge is -2.26. The molecule has 0 aliphatic carbocycles. The van der Waals surface area contributed by atoms with E-state index in [0.717, 1.165) is 17.4 Å².